The van der Waals surface area contributed by atoms with E-state index in [0.29, 0.717) is 5.56 Å². The fourth-order valence-corrected chi connectivity index (χ4v) is 5.15. The third kappa shape index (κ3) is 7.23. The summed E-state index contributed by atoms with van der Waals surface area (Å²) in [4.78, 5) is 24.7. The Morgan fingerprint density at radius 3 is 2.24 bits per heavy atom. The van der Waals surface area contributed by atoms with Crippen LogP contribution in [0.1, 0.15) is 21.5 Å². The monoisotopic (exact) mass is 545 g/mol. The SMILES string of the molecule is Cc1ccc(S(=O)(=O)N(C)C)cc1NC(=O)COC(=O)c1cccc(S(=O)(=O)NCc2ccccc2)c1. The molecule has 12 heteroatoms. The molecule has 3 rings (SSSR count). The molecule has 0 aliphatic carbocycles. The molecule has 10 nitrogen and oxygen atoms in total. The number of hydrogen-bond donors (Lipinski definition) is 2. The molecule has 37 heavy (non-hydrogen) atoms. The van der Waals surface area contributed by atoms with E-state index < -0.39 is 38.5 Å². The number of carbonyl (C=O) groups excluding carboxylic acids is 2. The summed E-state index contributed by atoms with van der Waals surface area (Å²) >= 11 is 0. The average molecular weight is 546 g/mol. The highest BCUT2D eigenvalue weighted by Crippen LogP contribution is 2.22. The molecule has 0 saturated carbocycles. The fraction of sp³-hybridized carbons (Fsp3) is 0.200. The highest BCUT2D eigenvalue weighted by molar-refractivity contribution is 7.89. The number of aryl methyl sites for hydroxylation is 1. The van der Waals surface area contributed by atoms with Gasteiger partial charge < -0.3 is 10.1 Å². The topological polar surface area (TPSA) is 139 Å². The van der Waals surface area contributed by atoms with E-state index in [1.165, 1.54) is 44.4 Å². The third-order valence-corrected chi connectivity index (χ3v) is 8.50. The van der Waals surface area contributed by atoms with Crippen molar-refractivity contribution in [2.24, 2.45) is 0 Å². The zero-order valence-corrected chi connectivity index (χ0v) is 22.1. The minimum absolute atomic E-state index is 0.00528. The largest absolute Gasteiger partial charge is 0.452 e. The minimum Gasteiger partial charge on any atom is -0.452 e. The van der Waals surface area contributed by atoms with Crippen molar-refractivity contribution < 1.29 is 31.2 Å². The molecule has 3 aromatic carbocycles. The second-order valence-electron chi connectivity index (χ2n) is 8.23. The van der Waals surface area contributed by atoms with Crippen molar-refractivity contribution in [3.05, 3.63) is 89.5 Å². The summed E-state index contributed by atoms with van der Waals surface area (Å²) in [5.41, 5.74) is 1.58. The van der Waals surface area contributed by atoms with Gasteiger partial charge in [-0.15, -0.1) is 0 Å². The van der Waals surface area contributed by atoms with E-state index in [2.05, 4.69) is 10.0 Å². The first-order chi connectivity index (χ1) is 17.4. The van der Waals surface area contributed by atoms with E-state index in [4.69, 9.17) is 4.74 Å². The van der Waals surface area contributed by atoms with Crippen molar-refractivity contribution in [2.75, 3.05) is 26.0 Å². The molecule has 0 aromatic heterocycles. The number of nitrogens with one attached hydrogen (secondary N) is 2. The Kier molecular flexibility index (Phi) is 8.81. The number of ether oxygens (including phenoxy) is 1. The van der Waals surface area contributed by atoms with E-state index >= 15 is 0 Å². The number of sulfonamides is 2. The van der Waals surface area contributed by atoms with E-state index in [1.54, 1.807) is 37.3 Å². The number of rotatable bonds is 10. The summed E-state index contributed by atoms with van der Waals surface area (Å²) < 4.78 is 58.6. The van der Waals surface area contributed by atoms with Gasteiger partial charge in [-0.25, -0.2) is 30.7 Å². The van der Waals surface area contributed by atoms with Gasteiger partial charge in [0.15, 0.2) is 6.61 Å². The molecule has 0 aliphatic rings. The van der Waals surface area contributed by atoms with Crippen LogP contribution in [-0.2, 0) is 36.1 Å². The van der Waals surface area contributed by atoms with Crippen LogP contribution in [0.25, 0.3) is 0 Å². The van der Waals surface area contributed by atoms with Crippen LogP contribution in [0.4, 0.5) is 5.69 Å². The quantitative estimate of drug-likeness (QED) is 0.373. The van der Waals surface area contributed by atoms with Gasteiger partial charge in [0.05, 0.1) is 15.4 Å². The first-order valence-electron chi connectivity index (χ1n) is 11.0. The minimum atomic E-state index is -3.90. The summed E-state index contributed by atoms with van der Waals surface area (Å²) in [7, 11) is -4.82. The molecule has 0 radical (unpaired) electrons. The summed E-state index contributed by atoms with van der Waals surface area (Å²) in [6.45, 7) is 1.10. The van der Waals surface area contributed by atoms with Crippen molar-refractivity contribution in [1.29, 1.82) is 0 Å². The number of hydrogen-bond acceptors (Lipinski definition) is 7. The lowest BCUT2D eigenvalue weighted by atomic mass is 10.2. The molecule has 196 valence electrons. The number of esters is 1. The van der Waals surface area contributed by atoms with Gasteiger partial charge in [-0.1, -0.05) is 42.5 Å². The molecule has 3 aromatic rings. The second-order valence-corrected chi connectivity index (χ2v) is 12.1. The van der Waals surface area contributed by atoms with Crippen LogP contribution in [0.3, 0.4) is 0 Å². The van der Waals surface area contributed by atoms with Gasteiger partial charge in [-0.05, 0) is 48.4 Å². The standard InChI is InChI=1S/C25H27N3O7S2/c1-18-12-13-22(37(33,34)28(2)3)15-23(18)27-24(29)17-35-25(30)20-10-7-11-21(14-20)36(31,32)26-16-19-8-5-4-6-9-19/h4-15,26H,16-17H2,1-3H3,(H,27,29). The van der Waals surface area contributed by atoms with Crippen molar-refractivity contribution in [3.63, 3.8) is 0 Å². The molecule has 0 bridgehead atoms. The van der Waals surface area contributed by atoms with Gasteiger partial charge in [0.25, 0.3) is 5.91 Å². The normalized spacial score (nSPS) is 11.8. The molecule has 0 unspecified atom stereocenters. The molecular weight excluding hydrogens is 518 g/mol. The predicted octanol–water partition coefficient (Wildman–Crippen LogP) is 2.52. The number of benzene rings is 3. The highest BCUT2D eigenvalue weighted by Gasteiger charge is 2.20. The zero-order valence-electron chi connectivity index (χ0n) is 20.5. The number of carbonyl (C=O) groups is 2. The molecule has 2 N–H and O–H groups in total. The van der Waals surface area contributed by atoms with Crippen LogP contribution in [0.15, 0.2) is 82.6 Å². The summed E-state index contributed by atoms with van der Waals surface area (Å²) in [6, 6.07) is 18.5. The number of amides is 1. The van der Waals surface area contributed by atoms with Gasteiger partial charge >= 0.3 is 5.97 Å². The predicted molar refractivity (Wildman–Crippen MR) is 138 cm³/mol. The summed E-state index contributed by atoms with van der Waals surface area (Å²) in [6.07, 6.45) is 0. The molecular formula is C25H27N3O7S2. The number of nitrogens with zero attached hydrogens (tertiary/aromatic N) is 1. The molecule has 0 aliphatic heterocycles. The lowest BCUT2D eigenvalue weighted by molar-refractivity contribution is -0.119. The third-order valence-electron chi connectivity index (χ3n) is 5.29. The molecule has 0 fully saturated rings. The van der Waals surface area contributed by atoms with Crippen LogP contribution in [-0.4, -0.2) is 53.7 Å². The van der Waals surface area contributed by atoms with Gasteiger partial charge in [-0.2, -0.15) is 0 Å². The molecule has 0 saturated heterocycles. The first kappa shape index (κ1) is 28.0. The Labute approximate surface area is 216 Å². The molecule has 0 spiro atoms. The lowest BCUT2D eigenvalue weighted by Gasteiger charge is -2.14. The summed E-state index contributed by atoms with van der Waals surface area (Å²) in [5, 5.41) is 2.53. The average Bonchev–Trinajstić information content (AvgIpc) is 2.88. The fourth-order valence-electron chi connectivity index (χ4n) is 3.16. The van der Waals surface area contributed by atoms with Crippen LogP contribution in [0.5, 0.6) is 0 Å². The molecule has 1 amide bonds. The zero-order chi connectivity index (χ0) is 27.2. The second kappa shape index (κ2) is 11.6. The van der Waals surface area contributed by atoms with Crippen LogP contribution < -0.4 is 10.0 Å². The Balaban J connectivity index is 1.64. The van der Waals surface area contributed by atoms with Crippen LogP contribution >= 0.6 is 0 Å². The van der Waals surface area contributed by atoms with Crippen molar-refractivity contribution in [2.45, 2.75) is 23.3 Å². The van der Waals surface area contributed by atoms with Gasteiger partial charge in [0, 0.05) is 26.3 Å². The molecule has 0 heterocycles. The Morgan fingerprint density at radius 2 is 1.57 bits per heavy atom. The van der Waals surface area contributed by atoms with Crippen LogP contribution in [0, 0.1) is 6.92 Å². The van der Waals surface area contributed by atoms with E-state index in [9.17, 15) is 26.4 Å². The smallest absolute Gasteiger partial charge is 0.338 e. The van der Waals surface area contributed by atoms with Crippen LogP contribution in [0.2, 0.25) is 0 Å². The van der Waals surface area contributed by atoms with Gasteiger partial charge in [-0.3, -0.25) is 4.79 Å². The molecule has 0 atom stereocenters. The Hall–Kier alpha value is -3.58. The summed E-state index contributed by atoms with van der Waals surface area (Å²) in [5.74, 6) is -1.58. The van der Waals surface area contributed by atoms with Crippen molar-refractivity contribution in [1.82, 2.24) is 9.03 Å². The number of anilines is 1. The maximum Gasteiger partial charge on any atom is 0.338 e. The highest BCUT2D eigenvalue weighted by atomic mass is 32.2. The maximum absolute atomic E-state index is 12.6. The van der Waals surface area contributed by atoms with Gasteiger partial charge in [0.1, 0.15) is 0 Å². The van der Waals surface area contributed by atoms with E-state index in [1.807, 2.05) is 6.07 Å². The Morgan fingerprint density at radius 1 is 0.865 bits per heavy atom. The van der Waals surface area contributed by atoms with Crippen molar-refractivity contribution in [3.8, 4) is 0 Å². The van der Waals surface area contributed by atoms with Crippen molar-refractivity contribution >= 4 is 37.6 Å². The van der Waals surface area contributed by atoms with E-state index in [0.717, 1.165) is 15.9 Å². The van der Waals surface area contributed by atoms with Gasteiger partial charge in [0.2, 0.25) is 20.0 Å². The van der Waals surface area contributed by atoms with E-state index in [-0.39, 0.29) is 27.6 Å². The lowest BCUT2D eigenvalue weighted by Crippen LogP contribution is -2.24. The first-order valence-corrected chi connectivity index (χ1v) is 14.0. The maximum atomic E-state index is 12.6. The Bertz CT molecular complexity index is 1500.